The Morgan fingerprint density at radius 1 is 0.947 bits per heavy atom. The Labute approximate surface area is 218 Å². The van der Waals surface area contributed by atoms with Crippen LogP contribution in [0.25, 0.3) is 21.9 Å². The van der Waals surface area contributed by atoms with Crippen LogP contribution < -0.4 is 10.6 Å². The van der Waals surface area contributed by atoms with Crippen molar-refractivity contribution in [2.75, 3.05) is 0 Å². The summed E-state index contributed by atoms with van der Waals surface area (Å²) in [5.74, 6) is -0.984. The molecule has 2 amide bonds. The highest BCUT2D eigenvalue weighted by Crippen LogP contribution is 2.19. The molecule has 2 heterocycles. The molecular weight excluding hydrogens is 484 g/mol. The smallest absolute Gasteiger partial charge is 0.408 e. The lowest BCUT2D eigenvalue weighted by atomic mass is 10.0. The van der Waals surface area contributed by atoms with E-state index in [9.17, 15) is 14.4 Å². The fourth-order valence-corrected chi connectivity index (χ4v) is 4.23. The molecule has 0 spiro atoms. The van der Waals surface area contributed by atoms with Crippen LogP contribution in [-0.4, -0.2) is 50.0 Å². The zero-order valence-corrected chi connectivity index (χ0v) is 20.6. The second-order valence-corrected chi connectivity index (χ2v) is 8.88. The van der Waals surface area contributed by atoms with Gasteiger partial charge < -0.3 is 20.4 Å². The maximum Gasteiger partial charge on any atom is 0.408 e. The molecule has 10 nitrogen and oxygen atoms in total. The van der Waals surface area contributed by atoms with Gasteiger partial charge in [0.1, 0.15) is 24.2 Å². The number of nitrogens with zero attached hydrogens (tertiary/aromatic N) is 3. The van der Waals surface area contributed by atoms with E-state index in [4.69, 9.17) is 4.74 Å². The van der Waals surface area contributed by atoms with Gasteiger partial charge in [-0.2, -0.15) is 4.68 Å². The first kappa shape index (κ1) is 24.7. The number of alkyl carbamates (subject to hydrolysis) is 1. The van der Waals surface area contributed by atoms with Crippen LogP contribution in [-0.2, 0) is 22.6 Å². The number of fused-ring (bicyclic) bond motifs is 2. The molecule has 3 N–H and O–H groups in total. The van der Waals surface area contributed by atoms with Crippen molar-refractivity contribution in [1.82, 2.24) is 30.6 Å². The minimum atomic E-state index is -1.000. The number of nitrogens with one attached hydrogen (secondary N) is 3. The van der Waals surface area contributed by atoms with E-state index in [0.717, 1.165) is 26.7 Å². The molecule has 3 aromatic carbocycles. The summed E-state index contributed by atoms with van der Waals surface area (Å²) in [6.45, 7) is 1.62. The monoisotopic (exact) mass is 510 g/mol. The summed E-state index contributed by atoms with van der Waals surface area (Å²) in [5.41, 5.74) is 3.68. The fraction of sp³-hybridized carbons (Fsp3) is 0.179. The van der Waals surface area contributed by atoms with E-state index < -0.39 is 30.0 Å². The molecule has 0 fully saturated rings. The molecule has 10 heteroatoms. The largest absolute Gasteiger partial charge is 0.445 e. The summed E-state index contributed by atoms with van der Waals surface area (Å²) < 4.78 is 6.51. The van der Waals surface area contributed by atoms with Gasteiger partial charge >= 0.3 is 6.09 Å². The summed E-state index contributed by atoms with van der Waals surface area (Å²) in [6.07, 6.45) is 1.25. The molecule has 0 bridgehead atoms. The first-order valence-corrected chi connectivity index (χ1v) is 12.2. The topological polar surface area (TPSA) is 131 Å². The van der Waals surface area contributed by atoms with Crippen LogP contribution in [0.15, 0.2) is 85.1 Å². The molecule has 2 unspecified atom stereocenters. The van der Waals surface area contributed by atoms with Crippen LogP contribution in [0.3, 0.4) is 0 Å². The van der Waals surface area contributed by atoms with Gasteiger partial charge in [-0.25, -0.2) is 4.79 Å². The molecule has 5 aromatic rings. The van der Waals surface area contributed by atoms with E-state index in [0.29, 0.717) is 11.0 Å². The Morgan fingerprint density at radius 2 is 1.68 bits per heavy atom. The van der Waals surface area contributed by atoms with E-state index in [2.05, 4.69) is 25.9 Å². The van der Waals surface area contributed by atoms with Crippen molar-refractivity contribution in [1.29, 1.82) is 0 Å². The van der Waals surface area contributed by atoms with Crippen LogP contribution in [0.1, 0.15) is 22.8 Å². The van der Waals surface area contributed by atoms with E-state index in [1.165, 1.54) is 0 Å². The molecule has 0 aliphatic heterocycles. The maximum absolute atomic E-state index is 13.4. The molecule has 38 heavy (non-hydrogen) atoms. The molecule has 5 rings (SSSR count). The number of hydrogen-bond acceptors (Lipinski definition) is 6. The van der Waals surface area contributed by atoms with Gasteiger partial charge in [0.25, 0.3) is 5.91 Å². The number of benzene rings is 3. The fourth-order valence-electron chi connectivity index (χ4n) is 4.23. The molecule has 2 aromatic heterocycles. The van der Waals surface area contributed by atoms with Crippen molar-refractivity contribution < 1.29 is 19.1 Å². The number of carbonyl (C=O) groups is 3. The lowest BCUT2D eigenvalue weighted by molar-refractivity contribution is -0.123. The summed E-state index contributed by atoms with van der Waals surface area (Å²) in [7, 11) is 0. The first-order chi connectivity index (χ1) is 18.5. The van der Waals surface area contributed by atoms with E-state index >= 15 is 0 Å². The number of ether oxygens (including phenoxy) is 1. The Bertz CT molecular complexity index is 1590. The minimum Gasteiger partial charge on any atom is -0.445 e. The van der Waals surface area contributed by atoms with Crippen LogP contribution in [0.2, 0.25) is 0 Å². The van der Waals surface area contributed by atoms with E-state index in [1.807, 2.05) is 54.6 Å². The number of rotatable bonds is 8. The quantitative estimate of drug-likeness (QED) is 0.292. The van der Waals surface area contributed by atoms with Gasteiger partial charge in [-0.3, -0.25) is 9.59 Å². The van der Waals surface area contributed by atoms with Crippen molar-refractivity contribution in [2.24, 2.45) is 0 Å². The van der Waals surface area contributed by atoms with Crippen molar-refractivity contribution in [3.05, 3.63) is 96.2 Å². The molecule has 0 aliphatic rings. The number of hydrogen-bond donors (Lipinski definition) is 3. The SMILES string of the molecule is CC(NC(=O)C(Cc1c[nH]c2ccccc12)NC(=O)OCc1ccccc1)C(=O)n1nnc2ccccc21. The van der Waals surface area contributed by atoms with Gasteiger partial charge in [0.05, 0.1) is 5.52 Å². The van der Waals surface area contributed by atoms with Gasteiger partial charge in [0, 0.05) is 23.5 Å². The Morgan fingerprint density at radius 3 is 2.53 bits per heavy atom. The van der Waals surface area contributed by atoms with Crippen LogP contribution in [0.4, 0.5) is 4.79 Å². The number of carbonyl (C=O) groups excluding carboxylic acids is 3. The number of aromatic amines is 1. The normalized spacial score (nSPS) is 12.7. The van der Waals surface area contributed by atoms with Crippen LogP contribution in [0.5, 0.6) is 0 Å². The third kappa shape index (κ3) is 5.39. The molecule has 0 saturated carbocycles. The zero-order valence-electron chi connectivity index (χ0n) is 20.6. The lowest BCUT2D eigenvalue weighted by Crippen LogP contribution is -2.52. The number of H-pyrrole nitrogens is 1. The van der Waals surface area contributed by atoms with Crippen LogP contribution >= 0.6 is 0 Å². The third-order valence-corrected chi connectivity index (χ3v) is 6.21. The average Bonchev–Trinajstić information content (AvgIpc) is 3.56. The third-order valence-electron chi connectivity index (χ3n) is 6.21. The number of amides is 2. The lowest BCUT2D eigenvalue weighted by Gasteiger charge is -2.20. The summed E-state index contributed by atoms with van der Waals surface area (Å²) in [5, 5.41) is 14.3. The summed E-state index contributed by atoms with van der Waals surface area (Å²) >= 11 is 0. The van der Waals surface area contributed by atoms with Crippen molar-refractivity contribution in [2.45, 2.75) is 32.0 Å². The van der Waals surface area contributed by atoms with Crippen LogP contribution in [0, 0.1) is 0 Å². The van der Waals surface area contributed by atoms with Gasteiger partial charge in [-0.15, -0.1) is 5.10 Å². The molecule has 0 radical (unpaired) electrons. The highest BCUT2D eigenvalue weighted by molar-refractivity contribution is 5.95. The van der Waals surface area contributed by atoms with Crippen molar-refractivity contribution >= 4 is 39.8 Å². The summed E-state index contributed by atoms with van der Waals surface area (Å²) in [4.78, 5) is 42.3. The Kier molecular flexibility index (Phi) is 7.12. The Balaban J connectivity index is 1.32. The zero-order chi connectivity index (χ0) is 26.5. The van der Waals surface area contributed by atoms with Crippen molar-refractivity contribution in [3.63, 3.8) is 0 Å². The highest BCUT2D eigenvalue weighted by Gasteiger charge is 2.27. The predicted molar refractivity (Wildman–Crippen MR) is 141 cm³/mol. The van der Waals surface area contributed by atoms with Crippen molar-refractivity contribution in [3.8, 4) is 0 Å². The van der Waals surface area contributed by atoms with Gasteiger partial charge in [-0.1, -0.05) is 65.9 Å². The van der Waals surface area contributed by atoms with Gasteiger partial charge in [0.15, 0.2) is 0 Å². The van der Waals surface area contributed by atoms with E-state index in [-0.39, 0.29) is 13.0 Å². The molecule has 0 aliphatic carbocycles. The predicted octanol–water partition coefficient (Wildman–Crippen LogP) is 3.60. The molecular formula is C28H26N6O4. The molecule has 2 atom stereocenters. The van der Waals surface area contributed by atoms with Gasteiger partial charge in [-0.05, 0) is 36.2 Å². The number of para-hydroxylation sites is 2. The second kappa shape index (κ2) is 11.0. The Hall–Kier alpha value is -4.99. The average molecular weight is 511 g/mol. The standard InChI is InChI=1S/C28H26N6O4/c1-18(27(36)34-25-14-8-7-13-23(25)32-33-34)30-26(35)24(15-20-16-29-22-12-6-5-11-21(20)22)31-28(37)38-17-19-9-3-2-4-10-19/h2-14,16,18,24,29H,15,17H2,1H3,(H,30,35)(H,31,37). The molecule has 192 valence electrons. The van der Waals surface area contributed by atoms with E-state index in [1.54, 1.807) is 37.4 Å². The summed E-state index contributed by atoms with van der Waals surface area (Å²) in [6, 6.07) is 22.0. The molecule has 0 saturated heterocycles. The second-order valence-electron chi connectivity index (χ2n) is 8.88. The highest BCUT2D eigenvalue weighted by atomic mass is 16.5. The first-order valence-electron chi connectivity index (χ1n) is 12.2. The minimum absolute atomic E-state index is 0.0579. The maximum atomic E-state index is 13.4. The number of aromatic nitrogens is 4. The van der Waals surface area contributed by atoms with Gasteiger partial charge in [0.2, 0.25) is 5.91 Å².